The number of hydrogen-bond acceptors (Lipinski definition) is 2. The molecular formula is C6H11O5P. The fourth-order valence-electron chi connectivity index (χ4n) is 0.830. The predicted molar refractivity (Wildman–Crippen MR) is 42.9 cm³/mol. The first-order valence-electron chi connectivity index (χ1n) is 3.28. The largest absolute Gasteiger partial charge is 0.478 e. The minimum Gasteiger partial charge on any atom is -0.478 e. The molecule has 70 valence electrons. The third-order valence-corrected chi connectivity index (χ3v) is 2.96. The first kappa shape index (κ1) is 11.4. The Morgan fingerprint density at radius 1 is 1.58 bits per heavy atom. The Morgan fingerprint density at radius 3 is 2.08 bits per heavy atom. The van der Waals surface area contributed by atoms with E-state index >= 15 is 0 Å². The van der Waals surface area contributed by atoms with Gasteiger partial charge in [0.05, 0.1) is 5.66 Å². The van der Waals surface area contributed by atoms with E-state index in [4.69, 9.17) is 14.9 Å². The van der Waals surface area contributed by atoms with E-state index in [2.05, 4.69) is 6.58 Å². The number of carbonyl (C=O) groups is 1. The molecule has 0 spiro atoms. The summed E-state index contributed by atoms with van der Waals surface area (Å²) in [6.45, 7) is 4.60. The van der Waals surface area contributed by atoms with E-state index in [1.807, 2.05) is 0 Å². The zero-order chi connectivity index (χ0) is 9.94. The normalized spacial score (nSPS) is 13.9. The highest BCUT2D eigenvalue weighted by Gasteiger charge is 2.32. The first-order chi connectivity index (χ1) is 5.30. The van der Waals surface area contributed by atoms with Gasteiger partial charge in [0.2, 0.25) is 0 Å². The number of rotatable bonds is 4. The summed E-state index contributed by atoms with van der Waals surface area (Å²) < 4.78 is 10.7. The average Bonchev–Trinajstić information content (AvgIpc) is 1.85. The Bertz CT molecular complexity index is 240. The van der Waals surface area contributed by atoms with Crippen molar-refractivity contribution in [2.75, 3.05) is 0 Å². The van der Waals surface area contributed by atoms with Crippen LogP contribution >= 0.6 is 7.60 Å². The second kappa shape index (κ2) is 3.85. The summed E-state index contributed by atoms with van der Waals surface area (Å²) in [4.78, 5) is 27.7. The fourth-order valence-corrected chi connectivity index (χ4v) is 1.82. The molecule has 0 rings (SSSR count). The van der Waals surface area contributed by atoms with Crippen LogP contribution in [0.5, 0.6) is 0 Å². The summed E-state index contributed by atoms with van der Waals surface area (Å²) in [7, 11) is -4.37. The van der Waals surface area contributed by atoms with Crippen LogP contribution in [0.3, 0.4) is 0 Å². The van der Waals surface area contributed by atoms with E-state index in [9.17, 15) is 9.36 Å². The van der Waals surface area contributed by atoms with Crippen molar-refractivity contribution in [1.29, 1.82) is 0 Å². The van der Waals surface area contributed by atoms with Gasteiger partial charge in [0.15, 0.2) is 0 Å². The summed E-state index contributed by atoms with van der Waals surface area (Å²) in [6, 6.07) is 0. The maximum absolute atomic E-state index is 10.7. The molecule has 1 atom stereocenters. The lowest BCUT2D eigenvalue weighted by Crippen LogP contribution is -2.16. The van der Waals surface area contributed by atoms with Gasteiger partial charge in [-0.3, -0.25) is 4.57 Å². The summed E-state index contributed by atoms with van der Waals surface area (Å²) in [5.74, 6) is -1.37. The molecule has 0 fully saturated rings. The molecule has 5 nitrogen and oxygen atoms in total. The van der Waals surface area contributed by atoms with Crippen LogP contribution in [-0.2, 0) is 9.36 Å². The minimum absolute atomic E-state index is 0.0649. The van der Waals surface area contributed by atoms with Crippen LogP contribution in [0.15, 0.2) is 12.2 Å². The lowest BCUT2D eigenvalue weighted by molar-refractivity contribution is -0.132. The van der Waals surface area contributed by atoms with Gasteiger partial charge in [0, 0.05) is 5.57 Å². The van der Waals surface area contributed by atoms with Crippen LogP contribution in [0.2, 0.25) is 0 Å². The Morgan fingerprint density at radius 2 is 2.00 bits per heavy atom. The Hall–Kier alpha value is -0.640. The second-order valence-corrected chi connectivity index (χ2v) is 4.15. The molecule has 0 aliphatic carbocycles. The molecule has 0 saturated carbocycles. The van der Waals surface area contributed by atoms with Gasteiger partial charge in [-0.2, -0.15) is 0 Å². The third-order valence-electron chi connectivity index (χ3n) is 1.47. The highest BCUT2D eigenvalue weighted by molar-refractivity contribution is 7.53. The van der Waals surface area contributed by atoms with Crippen LogP contribution in [0.4, 0.5) is 0 Å². The quantitative estimate of drug-likeness (QED) is 0.449. The van der Waals surface area contributed by atoms with Crippen LogP contribution in [0.25, 0.3) is 0 Å². The molecule has 6 heteroatoms. The van der Waals surface area contributed by atoms with Crippen molar-refractivity contribution in [2.45, 2.75) is 19.0 Å². The van der Waals surface area contributed by atoms with Crippen molar-refractivity contribution in [3.8, 4) is 0 Å². The molecule has 3 N–H and O–H groups in total. The number of carboxylic acid groups (broad SMARTS) is 1. The third kappa shape index (κ3) is 2.77. The van der Waals surface area contributed by atoms with Gasteiger partial charge in [0.1, 0.15) is 0 Å². The predicted octanol–water partition coefficient (Wildman–Crippen LogP) is 0.583. The van der Waals surface area contributed by atoms with Crippen LogP contribution < -0.4 is 0 Å². The maximum atomic E-state index is 10.7. The standard InChI is InChI=1S/C6H11O5P/c1-3-5(12(9,10)11)4(2)6(7)8/h5H,2-3H2,1H3,(H,7,8)(H2,9,10,11). The molecule has 0 aromatic rings. The molecular weight excluding hydrogens is 183 g/mol. The second-order valence-electron chi connectivity index (χ2n) is 2.34. The molecule has 0 amide bonds. The van der Waals surface area contributed by atoms with Crippen LogP contribution in [-0.4, -0.2) is 26.5 Å². The molecule has 0 saturated heterocycles. The molecule has 12 heavy (non-hydrogen) atoms. The molecule has 0 aliphatic heterocycles. The van der Waals surface area contributed by atoms with Crippen molar-refractivity contribution < 1.29 is 24.3 Å². The van der Waals surface area contributed by atoms with E-state index < -0.39 is 24.8 Å². The lowest BCUT2D eigenvalue weighted by Gasteiger charge is -2.15. The Labute approximate surface area is 69.9 Å². The molecule has 0 heterocycles. The van der Waals surface area contributed by atoms with Gasteiger partial charge in [-0.25, -0.2) is 4.79 Å². The molecule has 1 unspecified atom stereocenters. The lowest BCUT2D eigenvalue weighted by atomic mass is 10.2. The monoisotopic (exact) mass is 194 g/mol. The van der Waals surface area contributed by atoms with E-state index in [0.717, 1.165) is 0 Å². The van der Waals surface area contributed by atoms with Crippen molar-refractivity contribution >= 4 is 13.6 Å². The van der Waals surface area contributed by atoms with Crippen molar-refractivity contribution in [1.82, 2.24) is 0 Å². The molecule has 0 aromatic carbocycles. The molecule has 0 aromatic heterocycles. The van der Waals surface area contributed by atoms with Crippen LogP contribution in [0, 0.1) is 0 Å². The zero-order valence-electron chi connectivity index (χ0n) is 6.60. The first-order valence-corrected chi connectivity index (χ1v) is 4.96. The van der Waals surface area contributed by atoms with E-state index in [1.165, 1.54) is 6.92 Å². The van der Waals surface area contributed by atoms with Crippen molar-refractivity contribution in [2.24, 2.45) is 0 Å². The molecule has 0 bridgehead atoms. The van der Waals surface area contributed by atoms with Gasteiger partial charge >= 0.3 is 13.6 Å². The Kier molecular flexibility index (Phi) is 3.64. The van der Waals surface area contributed by atoms with Gasteiger partial charge in [-0.05, 0) is 6.42 Å². The van der Waals surface area contributed by atoms with Gasteiger partial charge < -0.3 is 14.9 Å². The SMILES string of the molecule is C=C(C(=O)O)C(CC)P(=O)(O)O. The summed E-state index contributed by atoms with van der Waals surface area (Å²) in [5.41, 5.74) is -1.71. The smallest absolute Gasteiger partial charge is 0.333 e. The summed E-state index contributed by atoms with van der Waals surface area (Å²) in [5, 5.41) is 8.40. The number of hydrogen-bond donors (Lipinski definition) is 3. The zero-order valence-corrected chi connectivity index (χ0v) is 7.49. The molecule has 0 radical (unpaired) electrons. The average molecular weight is 194 g/mol. The Balaban J connectivity index is 4.70. The summed E-state index contributed by atoms with van der Waals surface area (Å²) >= 11 is 0. The minimum atomic E-state index is -4.37. The van der Waals surface area contributed by atoms with Gasteiger partial charge in [0.25, 0.3) is 0 Å². The highest BCUT2D eigenvalue weighted by atomic mass is 31.2. The van der Waals surface area contributed by atoms with Crippen molar-refractivity contribution in [3.05, 3.63) is 12.2 Å². The summed E-state index contributed by atoms with van der Waals surface area (Å²) in [6.07, 6.45) is 0.0649. The number of carboxylic acids is 1. The topological polar surface area (TPSA) is 94.8 Å². The van der Waals surface area contributed by atoms with E-state index in [0.29, 0.717) is 0 Å². The van der Waals surface area contributed by atoms with E-state index in [1.54, 1.807) is 0 Å². The number of aliphatic carboxylic acids is 1. The maximum Gasteiger partial charge on any atom is 0.333 e. The van der Waals surface area contributed by atoms with Gasteiger partial charge in [-0.1, -0.05) is 13.5 Å². The van der Waals surface area contributed by atoms with Crippen molar-refractivity contribution in [3.63, 3.8) is 0 Å². The van der Waals surface area contributed by atoms with E-state index in [-0.39, 0.29) is 6.42 Å². The highest BCUT2D eigenvalue weighted by Crippen LogP contribution is 2.46. The molecule has 0 aliphatic rings. The van der Waals surface area contributed by atoms with Crippen LogP contribution in [0.1, 0.15) is 13.3 Å². The van der Waals surface area contributed by atoms with Gasteiger partial charge in [-0.15, -0.1) is 0 Å². The fraction of sp³-hybridized carbons (Fsp3) is 0.500.